The Morgan fingerprint density at radius 3 is 2.34 bits per heavy atom. The van der Waals surface area contributed by atoms with Crippen LogP contribution in [0.4, 0.5) is 10.1 Å². The predicted molar refractivity (Wildman–Crippen MR) is 126 cm³/mol. The predicted octanol–water partition coefficient (Wildman–Crippen LogP) is 3.82. The van der Waals surface area contributed by atoms with E-state index in [-0.39, 0.29) is 28.9 Å². The molecule has 0 aliphatic heterocycles. The van der Waals surface area contributed by atoms with Gasteiger partial charge in [-0.05, 0) is 49.3 Å². The van der Waals surface area contributed by atoms with Crippen molar-refractivity contribution in [2.75, 3.05) is 31.9 Å². The summed E-state index contributed by atoms with van der Waals surface area (Å²) in [5, 5.41) is 1.70. The molecule has 6 nitrogen and oxygen atoms in total. The summed E-state index contributed by atoms with van der Waals surface area (Å²) in [6.45, 7) is 1.32. The van der Waals surface area contributed by atoms with Gasteiger partial charge in [0.15, 0.2) is 0 Å². The van der Waals surface area contributed by atoms with E-state index < -0.39 is 10.0 Å². The lowest BCUT2D eigenvalue weighted by molar-refractivity contribution is -0.131. The monoisotopic (exact) mass is 475 g/mol. The van der Waals surface area contributed by atoms with Gasteiger partial charge >= 0.3 is 0 Å². The number of amides is 1. The third-order valence-electron chi connectivity index (χ3n) is 4.81. The summed E-state index contributed by atoms with van der Waals surface area (Å²) in [7, 11) is 0.216. The Morgan fingerprint density at radius 1 is 1.00 bits per heavy atom. The molecule has 3 aromatic rings. The van der Waals surface area contributed by atoms with E-state index in [4.69, 9.17) is 0 Å². The second kappa shape index (κ2) is 10.7. The normalized spacial score (nSPS) is 11.5. The third-order valence-corrected chi connectivity index (χ3v) is 7.59. The standard InChI is InChI=1S/C23H26FN3O3S2/c1-26(2)13-14-27(17-19-6-3-4-7-21(19)24)22(28)16-18-9-11-20(12-10-18)25-32(29,30)23-8-5-15-31-23/h3-12,15,25H,13-14,16-17H2,1-2H3. The topological polar surface area (TPSA) is 69.7 Å². The second-order valence-electron chi connectivity index (χ2n) is 7.62. The van der Waals surface area contributed by atoms with Crippen LogP contribution in [-0.4, -0.2) is 51.3 Å². The van der Waals surface area contributed by atoms with Crippen molar-refractivity contribution in [1.82, 2.24) is 9.80 Å². The lowest BCUT2D eigenvalue weighted by Gasteiger charge is -2.25. The SMILES string of the molecule is CN(C)CCN(Cc1ccccc1F)C(=O)Cc1ccc(NS(=O)(=O)c2cccs2)cc1. The molecule has 1 aromatic heterocycles. The molecule has 0 spiro atoms. The van der Waals surface area contributed by atoms with Crippen molar-refractivity contribution in [2.24, 2.45) is 0 Å². The van der Waals surface area contributed by atoms with Crippen LogP contribution in [0.2, 0.25) is 0 Å². The van der Waals surface area contributed by atoms with Crippen LogP contribution in [0.1, 0.15) is 11.1 Å². The molecular weight excluding hydrogens is 449 g/mol. The summed E-state index contributed by atoms with van der Waals surface area (Å²) >= 11 is 1.14. The number of halogens is 1. The van der Waals surface area contributed by atoms with Gasteiger partial charge in [0, 0.05) is 30.9 Å². The molecule has 0 aliphatic rings. The first kappa shape index (κ1) is 23.9. The van der Waals surface area contributed by atoms with Gasteiger partial charge in [-0.3, -0.25) is 9.52 Å². The first-order valence-electron chi connectivity index (χ1n) is 10.1. The van der Waals surface area contributed by atoms with Gasteiger partial charge in [0.05, 0.1) is 6.42 Å². The summed E-state index contributed by atoms with van der Waals surface area (Å²) in [5.74, 6) is -0.459. The molecule has 0 saturated heterocycles. The number of thiophene rings is 1. The molecule has 0 radical (unpaired) electrons. The highest BCUT2D eigenvalue weighted by atomic mass is 32.2. The Hall–Kier alpha value is -2.75. The molecule has 0 unspecified atom stereocenters. The maximum absolute atomic E-state index is 14.1. The minimum atomic E-state index is -3.62. The maximum atomic E-state index is 14.1. The Labute approximate surface area is 192 Å². The Morgan fingerprint density at radius 2 is 1.72 bits per heavy atom. The molecule has 1 heterocycles. The number of carbonyl (C=O) groups is 1. The number of carbonyl (C=O) groups excluding carboxylic acids is 1. The van der Waals surface area contributed by atoms with Crippen LogP contribution in [0.15, 0.2) is 70.3 Å². The van der Waals surface area contributed by atoms with Crippen molar-refractivity contribution in [1.29, 1.82) is 0 Å². The lowest BCUT2D eigenvalue weighted by Crippen LogP contribution is -2.37. The number of nitrogens with one attached hydrogen (secondary N) is 1. The van der Waals surface area contributed by atoms with E-state index in [9.17, 15) is 17.6 Å². The minimum Gasteiger partial charge on any atom is -0.337 e. The van der Waals surface area contributed by atoms with Crippen LogP contribution in [0.25, 0.3) is 0 Å². The van der Waals surface area contributed by atoms with Crippen molar-refractivity contribution in [3.63, 3.8) is 0 Å². The average molecular weight is 476 g/mol. The Bertz CT molecular complexity index is 1130. The fourth-order valence-corrected chi connectivity index (χ4v) is 5.10. The zero-order valence-corrected chi connectivity index (χ0v) is 19.6. The number of likely N-dealkylation sites (N-methyl/N-ethyl adjacent to an activating group) is 1. The molecule has 0 bridgehead atoms. The molecule has 0 fully saturated rings. The number of rotatable bonds is 10. The van der Waals surface area contributed by atoms with E-state index in [0.717, 1.165) is 16.9 Å². The van der Waals surface area contributed by atoms with Crippen LogP contribution in [0.3, 0.4) is 0 Å². The van der Waals surface area contributed by atoms with Crippen LogP contribution >= 0.6 is 11.3 Å². The third kappa shape index (κ3) is 6.62. The van der Waals surface area contributed by atoms with Crippen LogP contribution in [0, 0.1) is 5.82 Å². The van der Waals surface area contributed by atoms with Crippen molar-refractivity contribution in [3.8, 4) is 0 Å². The maximum Gasteiger partial charge on any atom is 0.271 e. The number of sulfonamides is 1. The molecule has 1 amide bonds. The highest BCUT2D eigenvalue weighted by Gasteiger charge is 2.18. The summed E-state index contributed by atoms with van der Waals surface area (Å²) in [6.07, 6.45) is 0.139. The molecular formula is C23H26FN3O3S2. The van der Waals surface area contributed by atoms with Crippen molar-refractivity contribution < 1.29 is 17.6 Å². The molecule has 2 aromatic carbocycles. The van der Waals surface area contributed by atoms with Gasteiger partial charge < -0.3 is 9.80 Å². The van der Waals surface area contributed by atoms with E-state index in [1.54, 1.807) is 58.8 Å². The van der Waals surface area contributed by atoms with Gasteiger partial charge in [-0.25, -0.2) is 12.8 Å². The van der Waals surface area contributed by atoms with Gasteiger partial charge in [0.25, 0.3) is 10.0 Å². The molecule has 170 valence electrons. The highest BCUT2D eigenvalue weighted by molar-refractivity contribution is 7.94. The van der Waals surface area contributed by atoms with E-state index in [2.05, 4.69) is 4.72 Å². The van der Waals surface area contributed by atoms with Crippen molar-refractivity contribution in [3.05, 3.63) is 83.0 Å². The van der Waals surface area contributed by atoms with Crippen molar-refractivity contribution >= 4 is 33.0 Å². The zero-order chi connectivity index (χ0) is 23.1. The molecule has 3 rings (SSSR count). The van der Waals surface area contributed by atoms with Crippen LogP contribution < -0.4 is 4.72 Å². The zero-order valence-electron chi connectivity index (χ0n) is 18.0. The summed E-state index contributed by atoms with van der Waals surface area (Å²) < 4.78 is 41.6. The fraction of sp³-hybridized carbons (Fsp3) is 0.261. The first-order valence-corrected chi connectivity index (χ1v) is 12.4. The lowest BCUT2D eigenvalue weighted by atomic mass is 10.1. The van der Waals surface area contributed by atoms with Crippen LogP contribution in [0.5, 0.6) is 0 Å². The number of hydrogen-bond donors (Lipinski definition) is 1. The quantitative estimate of drug-likeness (QED) is 0.484. The molecule has 0 aliphatic carbocycles. The molecule has 1 N–H and O–H groups in total. The van der Waals surface area contributed by atoms with E-state index in [1.807, 2.05) is 19.0 Å². The molecule has 0 saturated carbocycles. The summed E-state index contributed by atoms with van der Waals surface area (Å²) in [5.41, 5.74) is 1.64. The highest BCUT2D eigenvalue weighted by Crippen LogP contribution is 2.21. The van der Waals surface area contributed by atoms with Crippen LogP contribution in [-0.2, 0) is 27.8 Å². The van der Waals surface area contributed by atoms with Gasteiger partial charge in [-0.1, -0.05) is 36.4 Å². The number of benzene rings is 2. The summed E-state index contributed by atoms with van der Waals surface area (Å²) in [4.78, 5) is 16.6. The molecule has 9 heteroatoms. The molecule has 32 heavy (non-hydrogen) atoms. The van der Waals surface area contributed by atoms with Gasteiger partial charge in [-0.15, -0.1) is 11.3 Å². The Kier molecular flexibility index (Phi) is 8.00. The van der Waals surface area contributed by atoms with E-state index in [1.165, 1.54) is 12.1 Å². The van der Waals surface area contributed by atoms with E-state index in [0.29, 0.717) is 24.3 Å². The number of nitrogens with zero attached hydrogens (tertiary/aromatic N) is 2. The number of hydrogen-bond acceptors (Lipinski definition) is 5. The van der Waals surface area contributed by atoms with Gasteiger partial charge in [-0.2, -0.15) is 0 Å². The molecule has 0 atom stereocenters. The number of anilines is 1. The largest absolute Gasteiger partial charge is 0.337 e. The smallest absolute Gasteiger partial charge is 0.271 e. The minimum absolute atomic E-state index is 0.123. The summed E-state index contributed by atoms with van der Waals surface area (Å²) in [6, 6.07) is 16.4. The second-order valence-corrected chi connectivity index (χ2v) is 10.5. The van der Waals surface area contributed by atoms with E-state index >= 15 is 0 Å². The van der Waals surface area contributed by atoms with Gasteiger partial charge in [0.1, 0.15) is 10.0 Å². The fourth-order valence-electron chi connectivity index (χ4n) is 3.04. The first-order chi connectivity index (χ1) is 15.2. The average Bonchev–Trinajstić information content (AvgIpc) is 3.29. The Balaban J connectivity index is 1.68. The van der Waals surface area contributed by atoms with Crippen molar-refractivity contribution in [2.45, 2.75) is 17.2 Å². The van der Waals surface area contributed by atoms with Gasteiger partial charge in [0.2, 0.25) is 5.91 Å².